The summed E-state index contributed by atoms with van der Waals surface area (Å²) in [7, 11) is 0. The van der Waals surface area contributed by atoms with E-state index in [2.05, 4.69) is 10.6 Å². The average molecular weight is 324 g/mol. The number of hydrogen-bond acceptors (Lipinski definition) is 3. The number of carbonyl (C=O) groups excluding carboxylic acids is 1. The van der Waals surface area contributed by atoms with Gasteiger partial charge in [0.1, 0.15) is 12.4 Å². The molecule has 1 saturated carbocycles. The van der Waals surface area contributed by atoms with Crippen LogP contribution in [0.3, 0.4) is 0 Å². The molecule has 4 nitrogen and oxygen atoms in total. The average Bonchev–Trinajstić information content (AvgIpc) is 3.40. The summed E-state index contributed by atoms with van der Waals surface area (Å²) in [5, 5.41) is 6.15. The number of aryl methyl sites for hydroxylation is 1. The first-order valence-electron chi connectivity index (χ1n) is 8.48. The van der Waals surface area contributed by atoms with Crippen LogP contribution in [0.25, 0.3) is 0 Å². The Morgan fingerprint density at radius 3 is 2.67 bits per heavy atom. The lowest BCUT2D eigenvalue weighted by Gasteiger charge is -2.12. The maximum Gasteiger partial charge on any atom is 0.238 e. The minimum absolute atomic E-state index is 0.00305. The summed E-state index contributed by atoms with van der Waals surface area (Å²) < 4.78 is 5.81. The van der Waals surface area contributed by atoms with Gasteiger partial charge in [0, 0.05) is 5.69 Å². The van der Waals surface area contributed by atoms with Crippen molar-refractivity contribution in [3.8, 4) is 5.75 Å². The van der Waals surface area contributed by atoms with E-state index in [4.69, 9.17) is 4.74 Å². The normalized spacial score (nSPS) is 13.5. The molecule has 0 aromatic heterocycles. The summed E-state index contributed by atoms with van der Waals surface area (Å²) in [5.74, 6) is 1.58. The van der Waals surface area contributed by atoms with E-state index in [1.54, 1.807) is 0 Å². The van der Waals surface area contributed by atoms with Gasteiger partial charge in [0.15, 0.2) is 0 Å². The number of nitrogens with one attached hydrogen (secondary N) is 2. The van der Waals surface area contributed by atoms with Crippen molar-refractivity contribution in [2.75, 3.05) is 18.4 Å². The highest BCUT2D eigenvalue weighted by Gasteiger charge is 2.20. The fraction of sp³-hybridized carbons (Fsp3) is 0.350. The Morgan fingerprint density at radius 2 is 1.96 bits per heavy atom. The molecule has 1 aliphatic carbocycles. The largest absolute Gasteiger partial charge is 0.489 e. The van der Waals surface area contributed by atoms with Gasteiger partial charge in [0.25, 0.3) is 0 Å². The number of ether oxygens (including phenoxy) is 1. The molecule has 0 heterocycles. The molecule has 2 aromatic rings. The number of rotatable bonds is 8. The van der Waals surface area contributed by atoms with Crippen LogP contribution in [0, 0.1) is 12.8 Å². The van der Waals surface area contributed by atoms with Gasteiger partial charge in [-0.1, -0.05) is 30.3 Å². The molecule has 1 fully saturated rings. The zero-order valence-corrected chi connectivity index (χ0v) is 14.0. The first kappa shape index (κ1) is 16.5. The first-order valence-corrected chi connectivity index (χ1v) is 8.48. The molecular formula is C20H24N2O2. The third kappa shape index (κ3) is 5.10. The third-order valence-corrected chi connectivity index (χ3v) is 4.14. The van der Waals surface area contributed by atoms with Crippen molar-refractivity contribution in [1.82, 2.24) is 5.32 Å². The second-order valence-corrected chi connectivity index (χ2v) is 6.37. The van der Waals surface area contributed by atoms with E-state index in [0.29, 0.717) is 13.2 Å². The predicted molar refractivity (Wildman–Crippen MR) is 96.2 cm³/mol. The van der Waals surface area contributed by atoms with Gasteiger partial charge < -0.3 is 15.4 Å². The summed E-state index contributed by atoms with van der Waals surface area (Å²) in [6.07, 6.45) is 2.58. The van der Waals surface area contributed by atoms with Crippen molar-refractivity contribution in [2.24, 2.45) is 5.92 Å². The van der Waals surface area contributed by atoms with Gasteiger partial charge in [-0.05, 0) is 61.6 Å². The van der Waals surface area contributed by atoms with Crippen LogP contribution in [-0.2, 0) is 11.4 Å². The van der Waals surface area contributed by atoms with Crippen LogP contribution < -0.4 is 15.4 Å². The molecule has 0 aliphatic heterocycles. The first-order chi connectivity index (χ1) is 11.7. The number of hydrogen-bond donors (Lipinski definition) is 2. The number of benzene rings is 2. The van der Waals surface area contributed by atoms with E-state index < -0.39 is 0 Å². The molecule has 2 N–H and O–H groups in total. The summed E-state index contributed by atoms with van der Waals surface area (Å²) in [6, 6.07) is 15.8. The molecule has 0 bridgehead atoms. The summed E-state index contributed by atoms with van der Waals surface area (Å²) in [4.78, 5) is 12.0. The molecule has 2 aromatic carbocycles. The highest BCUT2D eigenvalue weighted by atomic mass is 16.5. The lowest BCUT2D eigenvalue weighted by Crippen LogP contribution is -2.29. The van der Waals surface area contributed by atoms with Crippen LogP contribution in [0.1, 0.15) is 24.0 Å². The van der Waals surface area contributed by atoms with Gasteiger partial charge >= 0.3 is 0 Å². The highest BCUT2D eigenvalue weighted by Crippen LogP contribution is 2.27. The Kier molecular flexibility index (Phi) is 5.49. The van der Waals surface area contributed by atoms with Crippen LogP contribution in [0.4, 0.5) is 5.69 Å². The van der Waals surface area contributed by atoms with Crippen LogP contribution in [0.2, 0.25) is 0 Å². The predicted octanol–water partition coefficient (Wildman–Crippen LogP) is 3.51. The molecule has 0 unspecified atom stereocenters. The van der Waals surface area contributed by atoms with E-state index in [0.717, 1.165) is 35.0 Å². The van der Waals surface area contributed by atoms with Crippen LogP contribution >= 0.6 is 0 Å². The fourth-order valence-electron chi connectivity index (χ4n) is 2.51. The molecule has 0 spiro atoms. The van der Waals surface area contributed by atoms with Crippen LogP contribution in [0.15, 0.2) is 48.5 Å². The molecular weight excluding hydrogens is 300 g/mol. The fourth-order valence-corrected chi connectivity index (χ4v) is 2.51. The van der Waals surface area contributed by atoms with E-state index in [-0.39, 0.29) is 5.91 Å². The summed E-state index contributed by atoms with van der Waals surface area (Å²) >= 11 is 0. The second-order valence-electron chi connectivity index (χ2n) is 6.37. The molecule has 4 heteroatoms. The van der Waals surface area contributed by atoms with Gasteiger partial charge in [0.2, 0.25) is 5.91 Å². The Hall–Kier alpha value is -2.33. The van der Waals surface area contributed by atoms with Gasteiger partial charge in [-0.2, -0.15) is 0 Å². The Morgan fingerprint density at radius 1 is 1.17 bits per heavy atom. The minimum atomic E-state index is -0.00305. The van der Waals surface area contributed by atoms with Gasteiger partial charge in [-0.15, -0.1) is 0 Å². The third-order valence-electron chi connectivity index (χ3n) is 4.14. The maximum atomic E-state index is 12.0. The van der Waals surface area contributed by atoms with Crippen molar-refractivity contribution in [3.63, 3.8) is 0 Å². The SMILES string of the molecule is Cc1cc(OCc2ccccc2)ccc1NC(=O)CNCC1CC1. The van der Waals surface area contributed by atoms with Crippen molar-refractivity contribution in [2.45, 2.75) is 26.4 Å². The van der Waals surface area contributed by atoms with Crippen molar-refractivity contribution in [3.05, 3.63) is 59.7 Å². The van der Waals surface area contributed by atoms with Gasteiger partial charge in [0.05, 0.1) is 6.54 Å². The van der Waals surface area contributed by atoms with E-state index in [1.165, 1.54) is 12.8 Å². The van der Waals surface area contributed by atoms with Crippen LogP contribution in [-0.4, -0.2) is 19.0 Å². The van der Waals surface area contributed by atoms with Gasteiger partial charge in [-0.25, -0.2) is 0 Å². The lowest BCUT2D eigenvalue weighted by atomic mass is 10.2. The van der Waals surface area contributed by atoms with Crippen LogP contribution in [0.5, 0.6) is 5.75 Å². The van der Waals surface area contributed by atoms with E-state index in [1.807, 2.05) is 55.5 Å². The molecule has 3 rings (SSSR count). The molecule has 0 saturated heterocycles. The Balaban J connectivity index is 1.49. The van der Waals surface area contributed by atoms with Crippen molar-refractivity contribution >= 4 is 11.6 Å². The topological polar surface area (TPSA) is 50.4 Å². The zero-order valence-electron chi connectivity index (χ0n) is 14.0. The smallest absolute Gasteiger partial charge is 0.238 e. The molecule has 24 heavy (non-hydrogen) atoms. The summed E-state index contributed by atoms with van der Waals surface area (Å²) in [6.45, 7) is 3.82. The standard InChI is InChI=1S/C20H24N2O2/c1-15-11-18(24-14-17-5-3-2-4-6-17)9-10-19(15)22-20(23)13-21-12-16-7-8-16/h2-6,9-11,16,21H,7-8,12-14H2,1H3,(H,22,23). The maximum absolute atomic E-state index is 12.0. The minimum Gasteiger partial charge on any atom is -0.489 e. The molecule has 126 valence electrons. The van der Waals surface area contributed by atoms with Crippen molar-refractivity contribution in [1.29, 1.82) is 0 Å². The molecule has 0 atom stereocenters. The highest BCUT2D eigenvalue weighted by molar-refractivity contribution is 5.93. The van der Waals surface area contributed by atoms with Crippen molar-refractivity contribution < 1.29 is 9.53 Å². The Bertz CT molecular complexity index is 681. The lowest BCUT2D eigenvalue weighted by molar-refractivity contribution is -0.115. The summed E-state index contributed by atoms with van der Waals surface area (Å²) in [5.41, 5.74) is 2.96. The number of anilines is 1. The van der Waals surface area contributed by atoms with E-state index in [9.17, 15) is 4.79 Å². The molecule has 1 amide bonds. The quantitative estimate of drug-likeness (QED) is 0.781. The number of carbonyl (C=O) groups is 1. The monoisotopic (exact) mass is 324 g/mol. The Labute approximate surface area is 143 Å². The zero-order chi connectivity index (χ0) is 16.8. The second kappa shape index (κ2) is 7.97. The van der Waals surface area contributed by atoms with E-state index >= 15 is 0 Å². The van der Waals surface area contributed by atoms with Gasteiger partial charge in [-0.3, -0.25) is 4.79 Å². The number of amides is 1. The molecule has 0 radical (unpaired) electrons. The molecule has 1 aliphatic rings.